The summed E-state index contributed by atoms with van der Waals surface area (Å²) in [5.41, 5.74) is 5.90. The van der Waals surface area contributed by atoms with E-state index in [2.05, 4.69) is 72.2 Å². The van der Waals surface area contributed by atoms with Gasteiger partial charge in [-0.15, -0.1) is 0 Å². The number of benzene rings is 3. The Morgan fingerprint density at radius 1 is 0.786 bits per heavy atom. The lowest BCUT2D eigenvalue weighted by atomic mass is 10.1. The lowest BCUT2D eigenvalue weighted by Gasteiger charge is -2.31. The van der Waals surface area contributed by atoms with Gasteiger partial charge >= 0.3 is 0 Å². The molecule has 1 heterocycles. The quantitative estimate of drug-likeness (QED) is 0.585. The molecule has 3 aromatic rings. The molecule has 0 aromatic heterocycles. The minimum Gasteiger partial charge on any atom is -0.279 e. The molecule has 3 aromatic carbocycles. The molecule has 0 amide bonds. The van der Waals surface area contributed by atoms with Crippen LogP contribution in [0, 0.1) is 19.7 Å². The highest BCUT2D eigenvalue weighted by Gasteiger charge is 2.33. The van der Waals surface area contributed by atoms with Gasteiger partial charge in [-0.3, -0.25) is 9.80 Å². The number of aryl methyl sites for hydroxylation is 2. The third-order valence-corrected chi connectivity index (χ3v) is 5.54. The molecule has 0 saturated carbocycles. The van der Waals surface area contributed by atoms with Crippen LogP contribution in [0.1, 0.15) is 34.0 Å². The van der Waals surface area contributed by atoms with Crippen molar-refractivity contribution in [3.8, 4) is 0 Å². The van der Waals surface area contributed by atoms with Crippen molar-refractivity contribution in [2.24, 2.45) is 0 Å². The van der Waals surface area contributed by atoms with Crippen LogP contribution in [-0.4, -0.2) is 22.9 Å². The minimum absolute atomic E-state index is 0.123. The van der Waals surface area contributed by atoms with E-state index in [1.807, 2.05) is 12.1 Å². The second-order valence-corrected chi connectivity index (χ2v) is 7.81. The van der Waals surface area contributed by atoms with Crippen molar-refractivity contribution >= 4 is 0 Å². The molecular weight excluding hydrogens is 347 g/mol. The molecule has 28 heavy (non-hydrogen) atoms. The Bertz CT molecular complexity index is 935. The third-order valence-electron chi connectivity index (χ3n) is 5.54. The zero-order valence-corrected chi connectivity index (χ0v) is 16.6. The van der Waals surface area contributed by atoms with E-state index < -0.39 is 0 Å². The fraction of sp³-hybridized carbons (Fsp3) is 0.280. The van der Waals surface area contributed by atoms with Crippen LogP contribution >= 0.6 is 0 Å². The first-order valence-corrected chi connectivity index (χ1v) is 9.94. The molecule has 4 rings (SSSR count). The number of hydrogen-bond acceptors (Lipinski definition) is 2. The second kappa shape index (κ2) is 8.26. The Morgan fingerprint density at radius 3 is 2.21 bits per heavy atom. The molecular formula is C25H27FN2. The normalized spacial score (nSPS) is 17.9. The van der Waals surface area contributed by atoms with Crippen molar-refractivity contribution in [1.82, 2.24) is 9.80 Å². The van der Waals surface area contributed by atoms with Crippen molar-refractivity contribution in [2.45, 2.75) is 33.1 Å². The van der Waals surface area contributed by atoms with Gasteiger partial charge < -0.3 is 0 Å². The summed E-state index contributed by atoms with van der Waals surface area (Å²) in [6, 6.07) is 24.6. The maximum Gasteiger partial charge on any atom is 0.127 e. The van der Waals surface area contributed by atoms with Crippen LogP contribution in [0.5, 0.6) is 0 Å². The van der Waals surface area contributed by atoms with Gasteiger partial charge in [-0.25, -0.2) is 4.39 Å². The van der Waals surface area contributed by atoms with Crippen LogP contribution in [0.2, 0.25) is 0 Å². The first-order valence-electron chi connectivity index (χ1n) is 9.94. The summed E-state index contributed by atoms with van der Waals surface area (Å²) in [5, 5.41) is 0. The number of halogens is 1. The molecule has 1 aliphatic heterocycles. The number of hydrogen-bond donors (Lipinski definition) is 0. The van der Waals surface area contributed by atoms with Gasteiger partial charge in [-0.2, -0.15) is 0 Å². The summed E-state index contributed by atoms with van der Waals surface area (Å²) >= 11 is 0. The Morgan fingerprint density at radius 2 is 1.50 bits per heavy atom. The molecule has 0 unspecified atom stereocenters. The van der Waals surface area contributed by atoms with E-state index in [-0.39, 0.29) is 12.0 Å². The maximum atomic E-state index is 14.3. The van der Waals surface area contributed by atoms with E-state index in [1.165, 1.54) is 22.3 Å². The van der Waals surface area contributed by atoms with Crippen molar-refractivity contribution in [1.29, 1.82) is 0 Å². The summed E-state index contributed by atoms with van der Waals surface area (Å²) < 4.78 is 14.3. The molecule has 144 valence electrons. The van der Waals surface area contributed by atoms with Crippen LogP contribution in [0.4, 0.5) is 4.39 Å². The molecule has 1 aliphatic rings. The Kier molecular flexibility index (Phi) is 5.56. The molecule has 0 spiro atoms. The van der Waals surface area contributed by atoms with Gasteiger partial charge in [0.2, 0.25) is 0 Å². The maximum absolute atomic E-state index is 14.3. The number of rotatable bonds is 5. The van der Waals surface area contributed by atoms with Gasteiger partial charge in [-0.05, 0) is 31.0 Å². The topological polar surface area (TPSA) is 6.48 Å². The first kappa shape index (κ1) is 18.9. The van der Waals surface area contributed by atoms with Crippen molar-refractivity contribution in [2.75, 3.05) is 13.1 Å². The lowest BCUT2D eigenvalue weighted by Crippen LogP contribution is -2.30. The Labute approximate surface area is 167 Å². The largest absolute Gasteiger partial charge is 0.279 e. The van der Waals surface area contributed by atoms with Gasteiger partial charge in [0.25, 0.3) is 0 Å². The summed E-state index contributed by atoms with van der Waals surface area (Å²) in [5.74, 6) is -0.123. The molecule has 1 saturated heterocycles. The minimum atomic E-state index is -0.123. The lowest BCUT2D eigenvalue weighted by molar-refractivity contribution is 0.125. The van der Waals surface area contributed by atoms with E-state index in [0.29, 0.717) is 6.54 Å². The predicted molar refractivity (Wildman–Crippen MR) is 112 cm³/mol. The molecule has 0 aliphatic carbocycles. The van der Waals surface area contributed by atoms with Crippen molar-refractivity contribution in [3.05, 3.63) is 106 Å². The molecule has 1 fully saturated rings. The molecule has 0 N–H and O–H groups in total. The van der Waals surface area contributed by atoms with Crippen LogP contribution in [-0.2, 0) is 13.1 Å². The molecule has 0 bridgehead atoms. The molecule has 0 radical (unpaired) electrons. The van der Waals surface area contributed by atoms with Crippen LogP contribution in [0.25, 0.3) is 0 Å². The van der Waals surface area contributed by atoms with Gasteiger partial charge in [0.15, 0.2) is 0 Å². The van der Waals surface area contributed by atoms with E-state index in [0.717, 1.165) is 25.2 Å². The highest BCUT2D eigenvalue weighted by Crippen LogP contribution is 2.33. The molecule has 1 atom stereocenters. The zero-order valence-electron chi connectivity index (χ0n) is 16.6. The van der Waals surface area contributed by atoms with E-state index in [1.54, 1.807) is 12.1 Å². The fourth-order valence-electron chi connectivity index (χ4n) is 4.11. The van der Waals surface area contributed by atoms with Crippen molar-refractivity contribution in [3.63, 3.8) is 0 Å². The van der Waals surface area contributed by atoms with Gasteiger partial charge in [0.1, 0.15) is 5.82 Å². The van der Waals surface area contributed by atoms with E-state index in [4.69, 9.17) is 0 Å². The molecule has 2 nitrogen and oxygen atoms in total. The third kappa shape index (κ3) is 4.16. The van der Waals surface area contributed by atoms with Crippen molar-refractivity contribution < 1.29 is 4.39 Å². The van der Waals surface area contributed by atoms with Crippen LogP contribution < -0.4 is 0 Å². The van der Waals surface area contributed by atoms with Crippen LogP contribution in [0.15, 0.2) is 72.8 Å². The Balaban J connectivity index is 1.62. The zero-order chi connectivity index (χ0) is 19.5. The van der Waals surface area contributed by atoms with E-state index in [9.17, 15) is 4.39 Å². The standard InChI is InChI=1S/C25H27FN2/c1-19-10-12-22(13-11-19)25-27(17-21-7-5-6-20(2)16-21)14-15-28(25)18-23-8-3-4-9-24(23)26/h3-13,16,25H,14-15,17-18H2,1-2H3/t25-/m1/s1. The Hall–Kier alpha value is -2.49. The number of nitrogens with zero attached hydrogens (tertiary/aromatic N) is 2. The highest BCUT2D eigenvalue weighted by atomic mass is 19.1. The van der Waals surface area contributed by atoms with Gasteiger partial charge in [-0.1, -0.05) is 77.9 Å². The smallest absolute Gasteiger partial charge is 0.127 e. The summed E-state index contributed by atoms with van der Waals surface area (Å²) in [4.78, 5) is 4.89. The SMILES string of the molecule is Cc1ccc([C@@H]2N(Cc3cccc(C)c3)CCN2Cc2ccccc2F)cc1. The monoisotopic (exact) mass is 374 g/mol. The first-order chi connectivity index (χ1) is 13.6. The van der Waals surface area contributed by atoms with E-state index >= 15 is 0 Å². The second-order valence-electron chi connectivity index (χ2n) is 7.81. The average Bonchev–Trinajstić information content (AvgIpc) is 3.06. The summed E-state index contributed by atoms with van der Waals surface area (Å²) in [6.07, 6.45) is 0.153. The fourth-order valence-corrected chi connectivity index (χ4v) is 4.11. The van der Waals surface area contributed by atoms with Crippen LogP contribution in [0.3, 0.4) is 0 Å². The molecule has 3 heteroatoms. The van der Waals surface area contributed by atoms with Gasteiger partial charge in [0, 0.05) is 31.7 Å². The summed E-state index contributed by atoms with van der Waals surface area (Å²) in [6.45, 7) is 7.67. The predicted octanol–water partition coefficient (Wildman–Crippen LogP) is 5.46. The average molecular weight is 375 g/mol. The highest BCUT2D eigenvalue weighted by molar-refractivity contribution is 5.27. The van der Waals surface area contributed by atoms with Gasteiger partial charge in [0.05, 0.1) is 6.17 Å². The summed E-state index contributed by atoms with van der Waals surface area (Å²) in [7, 11) is 0.